The summed E-state index contributed by atoms with van der Waals surface area (Å²) in [6, 6.07) is 6.88. The molecule has 32 heavy (non-hydrogen) atoms. The summed E-state index contributed by atoms with van der Waals surface area (Å²) >= 11 is 1.37. The fourth-order valence-electron chi connectivity index (χ4n) is 3.23. The highest BCUT2D eigenvalue weighted by Crippen LogP contribution is 2.28. The summed E-state index contributed by atoms with van der Waals surface area (Å²) < 4.78 is 10.9. The first-order valence-electron chi connectivity index (χ1n) is 10.6. The van der Waals surface area contributed by atoms with Crippen molar-refractivity contribution in [2.45, 2.75) is 38.8 Å². The zero-order chi connectivity index (χ0) is 23.5. The molecule has 0 aliphatic rings. The standard InChI is InChI=1S/C23H31N3O5S/c1-15(2)18(24-3)12-20(22-26-19(14-32-22)23(29)30-4)31-11-7-10-25-21(28)17-9-6-5-8-16(17)13-27/h5-6,8-9,13-15,18,20,24H,7,10-12H2,1-4H3,(H,25,28)/t18-,20-/m1/s1. The predicted molar refractivity (Wildman–Crippen MR) is 123 cm³/mol. The maximum Gasteiger partial charge on any atom is 0.357 e. The third-order valence-electron chi connectivity index (χ3n) is 5.09. The fourth-order valence-corrected chi connectivity index (χ4v) is 4.08. The summed E-state index contributed by atoms with van der Waals surface area (Å²) in [5.41, 5.74) is 0.985. The van der Waals surface area contributed by atoms with E-state index in [1.807, 2.05) is 7.05 Å². The van der Waals surface area contributed by atoms with Crippen molar-refractivity contribution in [2.75, 3.05) is 27.3 Å². The molecule has 9 heteroatoms. The van der Waals surface area contributed by atoms with Gasteiger partial charge in [-0.3, -0.25) is 9.59 Å². The van der Waals surface area contributed by atoms with Gasteiger partial charge < -0.3 is 20.1 Å². The first-order chi connectivity index (χ1) is 15.4. The van der Waals surface area contributed by atoms with Crippen molar-refractivity contribution in [2.24, 2.45) is 5.92 Å². The van der Waals surface area contributed by atoms with Crippen LogP contribution in [0.25, 0.3) is 0 Å². The molecule has 1 aromatic heterocycles. The molecule has 0 radical (unpaired) electrons. The van der Waals surface area contributed by atoms with Crippen LogP contribution in [0.2, 0.25) is 0 Å². The predicted octanol–water partition coefficient (Wildman–Crippen LogP) is 3.25. The van der Waals surface area contributed by atoms with E-state index in [1.165, 1.54) is 18.4 Å². The van der Waals surface area contributed by atoms with Crippen molar-refractivity contribution in [1.29, 1.82) is 0 Å². The van der Waals surface area contributed by atoms with Crippen molar-refractivity contribution in [1.82, 2.24) is 15.6 Å². The SMILES string of the molecule is CN[C@H](C[C@@H](OCCCNC(=O)c1ccccc1C=O)c1nc(C(=O)OC)cs1)C(C)C. The minimum Gasteiger partial charge on any atom is -0.464 e. The molecule has 0 saturated heterocycles. The molecule has 0 aliphatic carbocycles. The first kappa shape index (κ1) is 25.6. The van der Waals surface area contributed by atoms with Crippen molar-refractivity contribution in [3.8, 4) is 0 Å². The van der Waals surface area contributed by atoms with E-state index >= 15 is 0 Å². The molecule has 8 nitrogen and oxygen atoms in total. The van der Waals surface area contributed by atoms with Crippen LogP contribution in [0.4, 0.5) is 0 Å². The number of rotatable bonds is 13. The number of carbonyl (C=O) groups excluding carboxylic acids is 3. The second-order valence-corrected chi connectivity index (χ2v) is 8.50. The summed E-state index contributed by atoms with van der Waals surface area (Å²) in [6.45, 7) is 5.07. The lowest BCUT2D eigenvalue weighted by Crippen LogP contribution is -2.33. The quantitative estimate of drug-likeness (QED) is 0.268. The maximum absolute atomic E-state index is 12.3. The lowest BCUT2D eigenvalue weighted by Gasteiger charge is -2.25. The van der Waals surface area contributed by atoms with E-state index in [2.05, 4.69) is 29.5 Å². The lowest BCUT2D eigenvalue weighted by atomic mass is 9.98. The smallest absolute Gasteiger partial charge is 0.357 e. The van der Waals surface area contributed by atoms with Crippen LogP contribution < -0.4 is 10.6 Å². The number of amides is 1. The average molecular weight is 462 g/mol. The van der Waals surface area contributed by atoms with Crippen molar-refractivity contribution < 1.29 is 23.9 Å². The number of nitrogens with one attached hydrogen (secondary N) is 2. The van der Waals surface area contributed by atoms with E-state index in [1.54, 1.807) is 29.6 Å². The van der Waals surface area contributed by atoms with E-state index in [-0.39, 0.29) is 23.7 Å². The molecular weight excluding hydrogens is 430 g/mol. The Kier molecular flexibility index (Phi) is 10.5. The number of nitrogens with zero attached hydrogens (tertiary/aromatic N) is 1. The summed E-state index contributed by atoms with van der Waals surface area (Å²) in [7, 11) is 3.24. The molecule has 2 N–H and O–H groups in total. The number of aldehydes is 1. The van der Waals surface area contributed by atoms with Gasteiger partial charge in [-0.25, -0.2) is 9.78 Å². The highest BCUT2D eigenvalue weighted by Gasteiger charge is 2.24. The van der Waals surface area contributed by atoms with Gasteiger partial charge in [-0.15, -0.1) is 11.3 Å². The number of hydrogen-bond acceptors (Lipinski definition) is 8. The van der Waals surface area contributed by atoms with E-state index in [4.69, 9.17) is 9.47 Å². The molecule has 2 aromatic rings. The Morgan fingerprint density at radius 1 is 1.25 bits per heavy atom. The van der Waals surface area contributed by atoms with Gasteiger partial charge in [0.2, 0.25) is 0 Å². The van der Waals surface area contributed by atoms with Gasteiger partial charge in [0, 0.05) is 35.7 Å². The van der Waals surface area contributed by atoms with Gasteiger partial charge in [0.15, 0.2) is 12.0 Å². The van der Waals surface area contributed by atoms with E-state index in [9.17, 15) is 14.4 Å². The van der Waals surface area contributed by atoms with Crippen LogP contribution in [0.1, 0.15) is 69.0 Å². The molecular formula is C23H31N3O5S. The summed E-state index contributed by atoms with van der Waals surface area (Å²) in [4.78, 5) is 39.6. The zero-order valence-corrected chi connectivity index (χ0v) is 19.7. The largest absolute Gasteiger partial charge is 0.464 e. The molecule has 2 atom stereocenters. The van der Waals surface area contributed by atoms with Gasteiger partial charge in [0.05, 0.1) is 7.11 Å². The molecule has 0 bridgehead atoms. The second-order valence-electron chi connectivity index (χ2n) is 7.61. The first-order valence-corrected chi connectivity index (χ1v) is 11.4. The van der Waals surface area contributed by atoms with E-state index in [0.717, 1.165) is 5.01 Å². The number of thiazole rings is 1. The number of hydrogen-bond donors (Lipinski definition) is 2. The Labute approximate surface area is 192 Å². The van der Waals surface area contributed by atoms with Gasteiger partial charge in [0.1, 0.15) is 11.1 Å². The second kappa shape index (κ2) is 13.0. The van der Waals surface area contributed by atoms with Crippen LogP contribution in [0, 0.1) is 5.92 Å². The highest BCUT2D eigenvalue weighted by molar-refractivity contribution is 7.09. The molecule has 1 heterocycles. The van der Waals surface area contributed by atoms with E-state index < -0.39 is 5.97 Å². The molecule has 0 spiro atoms. The average Bonchev–Trinajstić information content (AvgIpc) is 3.30. The Balaban J connectivity index is 1.94. The summed E-state index contributed by atoms with van der Waals surface area (Å²) in [5.74, 6) is -0.371. The maximum atomic E-state index is 12.3. The lowest BCUT2D eigenvalue weighted by molar-refractivity contribution is 0.0342. The number of carbonyl (C=O) groups is 3. The molecule has 0 saturated carbocycles. The van der Waals surface area contributed by atoms with Gasteiger partial charge in [0.25, 0.3) is 5.91 Å². The van der Waals surface area contributed by atoms with Crippen LogP contribution in [-0.4, -0.2) is 56.5 Å². The molecule has 0 unspecified atom stereocenters. The van der Waals surface area contributed by atoms with Crippen molar-refractivity contribution >= 4 is 29.5 Å². The van der Waals surface area contributed by atoms with Crippen LogP contribution in [-0.2, 0) is 9.47 Å². The monoisotopic (exact) mass is 461 g/mol. The fraction of sp³-hybridized carbons (Fsp3) is 0.478. The minimum absolute atomic E-state index is 0.213. The normalized spacial score (nSPS) is 12.9. The Bertz CT molecular complexity index is 899. The van der Waals surface area contributed by atoms with Crippen LogP contribution in [0.15, 0.2) is 29.6 Å². The Hall–Kier alpha value is -2.62. The number of aromatic nitrogens is 1. The molecule has 1 aromatic carbocycles. The van der Waals surface area contributed by atoms with Crippen molar-refractivity contribution in [3.05, 3.63) is 51.5 Å². The molecule has 0 fully saturated rings. The highest BCUT2D eigenvalue weighted by atomic mass is 32.1. The van der Waals surface area contributed by atoms with Crippen LogP contribution >= 0.6 is 11.3 Å². The Morgan fingerprint density at radius 3 is 2.66 bits per heavy atom. The van der Waals surface area contributed by atoms with Gasteiger partial charge in [-0.1, -0.05) is 32.0 Å². The summed E-state index contributed by atoms with van der Waals surface area (Å²) in [5, 5.41) is 8.52. The number of ether oxygens (including phenoxy) is 2. The third kappa shape index (κ3) is 7.22. The molecule has 174 valence electrons. The van der Waals surface area contributed by atoms with Gasteiger partial charge in [-0.05, 0) is 31.9 Å². The van der Waals surface area contributed by atoms with Gasteiger partial charge in [-0.2, -0.15) is 0 Å². The van der Waals surface area contributed by atoms with Crippen LogP contribution in [0.3, 0.4) is 0 Å². The molecule has 2 rings (SSSR count). The van der Waals surface area contributed by atoms with E-state index in [0.29, 0.717) is 49.3 Å². The number of benzene rings is 1. The zero-order valence-electron chi connectivity index (χ0n) is 18.9. The number of methoxy groups -OCH3 is 1. The topological polar surface area (TPSA) is 107 Å². The summed E-state index contributed by atoms with van der Waals surface area (Å²) in [6.07, 6.45) is 1.67. The Morgan fingerprint density at radius 2 is 2.00 bits per heavy atom. The molecule has 0 aliphatic heterocycles. The minimum atomic E-state index is -0.474. The number of esters is 1. The third-order valence-corrected chi connectivity index (χ3v) is 6.03. The van der Waals surface area contributed by atoms with Gasteiger partial charge >= 0.3 is 5.97 Å². The molecule has 1 amide bonds. The van der Waals surface area contributed by atoms with Crippen LogP contribution in [0.5, 0.6) is 0 Å². The van der Waals surface area contributed by atoms with Crippen molar-refractivity contribution in [3.63, 3.8) is 0 Å².